The van der Waals surface area contributed by atoms with Gasteiger partial charge in [-0.2, -0.15) is 0 Å². The molecule has 2 atom stereocenters. The highest BCUT2D eigenvalue weighted by Gasteiger charge is 2.50. The lowest BCUT2D eigenvalue weighted by atomic mass is 9.76. The number of nitrogens with zero attached hydrogens (tertiary/aromatic N) is 3. The van der Waals surface area contributed by atoms with Crippen molar-refractivity contribution in [3.63, 3.8) is 0 Å². The minimum atomic E-state index is -0.545. The fourth-order valence-electron chi connectivity index (χ4n) is 4.94. The van der Waals surface area contributed by atoms with E-state index in [1.54, 1.807) is 47.6 Å². The van der Waals surface area contributed by atoms with Crippen LogP contribution in [0.1, 0.15) is 41.1 Å². The maximum Gasteiger partial charge on any atom is 0.254 e. The molecule has 2 amide bonds. The van der Waals surface area contributed by atoms with E-state index in [0.29, 0.717) is 36.7 Å². The summed E-state index contributed by atoms with van der Waals surface area (Å²) in [4.78, 5) is 35.9. The van der Waals surface area contributed by atoms with Crippen molar-refractivity contribution >= 4 is 23.5 Å². The van der Waals surface area contributed by atoms with E-state index in [1.807, 2.05) is 12.1 Å². The van der Waals surface area contributed by atoms with Gasteiger partial charge in [0, 0.05) is 49.1 Å². The Morgan fingerprint density at radius 3 is 2.67 bits per heavy atom. The van der Waals surface area contributed by atoms with Crippen molar-refractivity contribution in [2.45, 2.75) is 30.7 Å². The highest BCUT2D eigenvalue weighted by molar-refractivity contribution is 5.96. The van der Waals surface area contributed by atoms with Crippen LogP contribution in [0.3, 0.4) is 0 Å². The number of carbonyl (C=O) groups excluding carboxylic acids is 2. The van der Waals surface area contributed by atoms with Crippen molar-refractivity contribution in [1.29, 1.82) is 0 Å². The number of anilines is 2. The minimum Gasteiger partial charge on any atom is -0.348 e. The first-order chi connectivity index (χ1) is 16.0. The molecule has 2 aliphatic rings. The Kier molecular flexibility index (Phi) is 5.50. The molecule has 3 heterocycles. The second-order valence-corrected chi connectivity index (χ2v) is 8.63. The van der Waals surface area contributed by atoms with Crippen molar-refractivity contribution in [2.24, 2.45) is 0 Å². The maximum atomic E-state index is 13.5. The van der Waals surface area contributed by atoms with Gasteiger partial charge in [-0.25, -0.2) is 14.4 Å². The smallest absolute Gasteiger partial charge is 0.254 e. The fraction of sp³-hybridized carbons (Fsp3) is 0.280. The van der Waals surface area contributed by atoms with Crippen molar-refractivity contribution in [1.82, 2.24) is 20.2 Å². The van der Waals surface area contributed by atoms with E-state index in [1.165, 1.54) is 12.1 Å². The lowest BCUT2D eigenvalue weighted by molar-refractivity contribution is -0.125. The molecule has 0 saturated carbocycles. The number of halogens is 1. The molecule has 0 unspecified atom stereocenters. The number of carbonyl (C=O) groups is 2. The normalized spacial score (nSPS) is 22.3. The zero-order valence-corrected chi connectivity index (χ0v) is 18.0. The number of piperidine rings is 1. The van der Waals surface area contributed by atoms with Crippen LogP contribution in [-0.4, -0.2) is 45.3 Å². The Bertz CT molecular complexity index is 1170. The van der Waals surface area contributed by atoms with Gasteiger partial charge < -0.3 is 15.5 Å². The molecule has 1 aromatic heterocycles. The Hall–Kier alpha value is -3.81. The van der Waals surface area contributed by atoms with Crippen LogP contribution in [0.15, 0.2) is 67.0 Å². The molecule has 0 bridgehead atoms. The monoisotopic (exact) mass is 445 g/mol. The molecule has 2 saturated heterocycles. The number of nitrogens with one attached hydrogen (secondary N) is 2. The number of rotatable bonds is 4. The third-order valence-electron chi connectivity index (χ3n) is 6.45. The molecule has 33 heavy (non-hydrogen) atoms. The number of hydrogen-bond donors (Lipinski definition) is 2. The van der Waals surface area contributed by atoms with E-state index < -0.39 is 5.54 Å². The summed E-state index contributed by atoms with van der Waals surface area (Å²) in [6.45, 7) is 0.864. The van der Waals surface area contributed by atoms with Gasteiger partial charge in [-0.1, -0.05) is 18.2 Å². The molecule has 2 aliphatic heterocycles. The highest BCUT2D eigenvalue weighted by atomic mass is 19.1. The summed E-state index contributed by atoms with van der Waals surface area (Å²) in [5.74, 6) is -0.0832. The van der Waals surface area contributed by atoms with E-state index in [0.717, 1.165) is 18.4 Å². The first kappa shape index (κ1) is 21.1. The fourth-order valence-corrected chi connectivity index (χ4v) is 4.94. The van der Waals surface area contributed by atoms with Gasteiger partial charge in [0.1, 0.15) is 5.82 Å². The zero-order valence-electron chi connectivity index (χ0n) is 18.0. The number of benzene rings is 2. The van der Waals surface area contributed by atoms with Crippen LogP contribution in [0.5, 0.6) is 0 Å². The summed E-state index contributed by atoms with van der Waals surface area (Å²) < 4.78 is 13.5. The van der Waals surface area contributed by atoms with Gasteiger partial charge in [-0.05, 0) is 54.8 Å². The maximum absolute atomic E-state index is 13.5. The Morgan fingerprint density at radius 2 is 1.91 bits per heavy atom. The number of hydrogen-bond acceptors (Lipinski definition) is 5. The Balaban J connectivity index is 1.41. The average Bonchev–Trinajstić information content (AvgIpc) is 3.18. The van der Waals surface area contributed by atoms with Gasteiger partial charge in [0.2, 0.25) is 11.9 Å². The predicted octanol–water partition coefficient (Wildman–Crippen LogP) is 3.64. The Morgan fingerprint density at radius 1 is 1.12 bits per heavy atom. The molecule has 5 rings (SSSR count). The molecule has 168 valence electrons. The summed E-state index contributed by atoms with van der Waals surface area (Å²) in [5, 5.41) is 6.29. The van der Waals surface area contributed by atoms with Crippen LogP contribution in [0, 0.1) is 5.82 Å². The first-order valence-electron chi connectivity index (χ1n) is 11.0. The van der Waals surface area contributed by atoms with Gasteiger partial charge in [-0.15, -0.1) is 0 Å². The quantitative estimate of drug-likeness (QED) is 0.640. The second-order valence-electron chi connectivity index (χ2n) is 8.63. The molecular formula is C25H24FN5O2. The molecule has 7 nitrogen and oxygen atoms in total. The first-order valence-corrected chi connectivity index (χ1v) is 11.0. The Labute approximate surface area is 191 Å². The lowest BCUT2D eigenvalue weighted by Crippen LogP contribution is -2.56. The second kappa shape index (κ2) is 8.61. The molecule has 2 N–H and O–H groups in total. The summed E-state index contributed by atoms with van der Waals surface area (Å²) in [6.07, 6.45) is 5.31. The molecule has 2 aromatic carbocycles. The molecule has 8 heteroatoms. The molecule has 0 radical (unpaired) electrons. The third-order valence-corrected chi connectivity index (χ3v) is 6.45. The zero-order chi connectivity index (χ0) is 22.8. The summed E-state index contributed by atoms with van der Waals surface area (Å²) in [7, 11) is 0. The lowest BCUT2D eigenvalue weighted by Gasteiger charge is -2.39. The van der Waals surface area contributed by atoms with Gasteiger partial charge in [0.05, 0.1) is 5.54 Å². The van der Waals surface area contributed by atoms with Crippen LogP contribution in [0.2, 0.25) is 0 Å². The molecule has 3 aromatic rings. The van der Waals surface area contributed by atoms with Crippen LogP contribution < -0.4 is 10.6 Å². The predicted molar refractivity (Wildman–Crippen MR) is 122 cm³/mol. The number of amides is 2. The van der Waals surface area contributed by atoms with E-state index in [2.05, 4.69) is 20.6 Å². The molecule has 1 spiro atoms. The third kappa shape index (κ3) is 4.28. The number of aromatic nitrogens is 2. The van der Waals surface area contributed by atoms with Crippen LogP contribution in [0.25, 0.3) is 0 Å². The highest BCUT2D eigenvalue weighted by Crippen LogP contribution is 2.42. The van der Waals surface area contributed by atoms with Gasteiger partial charge in [0.25, 0.3) is 5.91 Å². The van der Waals surface area contributed by atoms with Crippen LogP contribution in [0.4, 0.5) is 16.0 Å². The standard InChI is InChI=1S/C25H24FN5O2/c26-19-9-7-17(8-10-19)21-15-31(16-25(21)11-2-6-22(32)30-25)23(33)18-4-1-5-20(14-18)29-24-27-12-3-13-28-24/h1,3-5,7-10,12-14,21H,2,6,11,15-16H2,(H,30,32)(H,27,28,29)/t21-,25+/m0/s1. The van der Waals surface area contributed by atoms with Gasteiger partial charge >= 0.3 is 0 Å². The van der Waals surface area contributed by atoms with E-state index in [9.17, 15) is 14.0 Å². The van der Waals surface area contributed by atoms with Crippen LogP contribution in [-0.2, 0) is 4.79 Å². The van der Waals surface area contributed by atoms with Crippen molar-refractivity contribution in [2.75, 3.05) is 18.4 Å². The average molecular weight is 445 g/mol. The van der Waals surface area contributed by atoms with E-state index >= 15 is 0 Å². The van der Waals surface area contributed by atoms with Gasteiger partial charge in [0.15, 0.2) is 0 Å². The largest absolute Gasteiger partial charge is 0.348 e. The molecule has 2 fully saturated rings. The van der Waals surface area contributed by atoms with E-state index in [4.69, 9.17) is 0 Å². The molecular weight excluding hydrogens is 421 g/mol. The summed E-state index contributed by atoms with van der Waals surface area (Å²) in [5.41, 5.74) is 1.62. The number of likely N-dealkylation sites (tertiary alicyclic amines) is 1. The van der Waals surface area contributed by atoms with Crippen molar-refractivity contribution < 1.29 is 14.0 Å². The molecule has 0 aliphatic carbocycles. The SMILES string of the molecule is O=C1CCC[C@]2(CN(C(=O)c3cccc(Nc4ncccn4)c3)C[C@H]2c2ccc(F)cc2)N1. The van der Waals surface area contributed by atoms with Crippen molar-refractivity contribution in [3.8, 4) is 0 Å². The van der Waals surface area contributed by atoms with Crippen molar-refractivity contribution in [3.05, 3.63) is 83.9 Å². The summed E-state index contributed by atoms with van der Waals surface area (Å²) in [6, 6.07) is 15.3. The van der Waals surface area contributed by atoms with Gasteiger partial charge in [-0.3, -0.25) is 9.59 Å². The minimum absolute atomic E-state index is 0.00304. The summed E-state index contributed by atoms with van der Waals surface area (Å²) >= 11 is 0. The van der Waals surface area contributed by atoms with E-state index in [-0.39, 0.29) is 23.5 Å². The topological polar surface area (TPSA) is 87.2 Å². The van der Waals surface area contributed by atoms with Crippen LogP contribution >= 0.6 is 0 Å².